The molecule has 0 spiro atoms. The maximum atomic E-state index is 13.6. The molecule has 0 radical (unpaired) electrons. The van der Waals surface area contributed by atoms with Crippen molar-refractivity contribution in [2.75, 3.05) is 5.32 Å². The fourth-order valence-corrected chi connectivity index (χ4v) is 2.42. The van der Waals surface area contributed by atoms with Crippen LogP contribution in [0.2, 0.25) is 5.02 Å². The van der Waals surface area contributed by atoms with Gasteiger partial charge in [0.15, 0.2) is 0 Å². The summed E-state index contributed by atoms with van der Waals surface area (Å²) in [5.41, 5.74) is 3.06. The normalized spacial score (nSPS) is 10.9. The van der Waals surface area contributed by atoms with E-state index in [4.69, 9.17) is 11.6 Å². The molecule has 22 heavy (non-hydrogen) atoms. The number of carbonyl (C=O) groups excluding carboxylic acids is 1. The Balaban J connectivity index is 2.19. The van der Waals surface area contributed by atoms with Gasteiger partial charge in [-0.2, -0.15) is 0 Å². The van der Waals surface area contributed by atoms with Crippen LogP contribution in [0.4, 0.5) is 10.1 Å². The van der Waals surface area contributed by atoms with Gasteiger partial charge in [0.05, 0.1) is 5.02 Å². The van der Waals surface area contributed by atoms with Crippen molar-refractivity contribution in [3.63, 3.8) is 0 Å². The highest BCUT2D eigenvalue weighted by Crippen LogP contribution is 2.22. The molecular formula is C18H17ClFNO. The van der Waals surface area contributed by atoms with E-state index in [1.165, 1.54) is 24.3 Å². The highest BCUT2D eigenvalue weighted by Gasteiger charge is 2.07. The molecule has 0 atom stereocenters. The summed E-state index contributed by atoms with van der Waals surface area (Å²) in [4.78, 5) is 12.1. The second kappa shape index (κ2) is 7.23. The Morgan fingerprint density at radius 2 is 2.00 bits per heavy atom. The average Bonchev–Trinajstić information content (AvgIpc) is 2.49. The van der Waals surface area contributed by atoms with Crippen molar-refractivity contribution in [3.8, 4) is 0 Å². The minimum atomic E-state index is -0.457. The van der Waals surface area contributed by atoms with Crippen LogP contribution in [0.5, 0.6) is 0 Å². The molecule has 0 saturated heterocycles. The lowest BCUT2D eigenvalue weighted by atomic mass is 10.1. The molecular weight excluding hydrogens is 301 g/mol. The number of anilines is 1. The van der Waals surface area contributed by atoms with E-state index in [1.807, 2.05) is 32.0 Å². The van der Waals surface area contributed by atoms with Gasteiger partial charge in [0, 0.05) is 17.3 Å². The number of aryl methyl sites for hydroxylation is 2. The number of benzene rings is 2. The van der Waals surface area contributed by atoms with Crippen molar-refractivity contribution < 1.29 is 9.18 Å². The van der Waals surface area contributed by atoms with E-state index in [2.05, 4.69) is 5.32 Å². The van der Waals surface area contributed by atoms with Crippen molar-refractivity contribution in [1.82, 2.24) is 0 Å². The lowest BCUT2D eigenvalue weighted by molar-refractivity contribution is -0.111. The first-order chi connectivity index (χ1) is 10.5. The van der Waals surface area contributed by atoms with Crippen LogP contribution in [0.25, 0.3) is 6.08 Å². The minimum Gasteiger partial charge on any atom is -0.322 e. The summed E-state index contributed by atoms with van der Waals surface area (Å²) in [6.45, 7) is 3.96. The summed E-state index contributed by atoms with van der Waals surface area (Å²) in [6, 6.07) is 10.3. The number of carbonyl (C=O) groups is 1. The van der Waals surface area contributed by atoms with E-state index in [-0.39, 0.29) is 16.5 Å². The third kappa shape index (κ3) is 3.74. The molecule has 0 saturated carbocycles. The van der Waals surface area contributed by atoms with Gasteiger partial charge in [0.2, 0.25) is 5.91 Å². The Morgan fingerprint density at radius 3 is 2.68 bits per heavy atom. The number of amides is 1. The highest BCUT2D eigenvalue weighted by molar-refractivity contribution is 6.32. The number of para-hydroxylation sites is 1. The summed E-state index contributed by atoms with van der Waals surface area (Å²) in [5, 5.41) is 3.12. The first-order valence-electron chi connectivity index (χ1n) is 7.04. The molecule has 2 rings (SSSR count). The molecule has 2 aromatic rings. The number of halogens is 2. The zero-order chi connectivity index (χ0) is 16.1. The summed E-state index contributed by atoms with van der Waals surface area (Å²) >= 11 is 5.92. The monoisotopic (exact) mass is 317 g/mol. The molecule has 114 valence electrons. The van der Waals surface area contributed by atoms with Gasteiger partial charge in [0.1, 0.15) is 5.82 Å². The maximum Gasteiger partial charge on any atom is 0.248 e. The number of hydrogen-bond acceptors (Lipinski definition) is 1. The van der Waals surface area contributed by atoms with E-state index in [0.717, 1.165) is 23.2 Å². The lowest BCUT2D eigenvalue weighted by Crippen LogP contribution is -2.11. The van der Waals surface area contributed by atoms with Crippen molar-refractivity contribution in [1.29, 1.82) is 0 Å². The van der Waals surface area contributed by atoms with Gasteiger partial charge in [-0.1, -0.05) is 42.8 Å². The molecule has 0 aliphatic heterocycles. The molecule has 0 aromatic heterocycles. The van der Waals surface area contributed by atoms with Gasteiger partial charge in [-0.15, -0.1) is 0 Å². The average molecular weight is 318 g/mol. The molecule has 2 nitrogen and oxygen atoms in total. The Morgan fingerprint density at radius 1 is 1.27 bits per heavy atom. The first-order valence-corrected chi connectivity index (χ1v) is 7.42. The first kappa shape index (κ1) is 16.2. The van der Waals surface area contributed by atoms with Crippen LogP contribution in [0.1, 0.15) is 23.6 Å². The summed E-state index contributed by atoms with van der Waals surface area (Å²) in [7, 11) is 0. The van der Waals surface area contributed by atoms with E-state index in [1.54, 1.807) is 6.07 Å². The Bertz CT molecular complexity index is 705. The van der Waals surface area contributed by atoms with Crippen LogP contribution in [0, 0.1) is 12.7 Å². The van der Waals surface area contributed by atoms with Crippen LogP contribution in [0.15, 0.2) is 42.5 Å². The minimum absolute atomic E-state index is 0.208. The van der Waals surface area contributed by atoms with Crippen molar-refractivity contribution in [2.24, 2.45) is 0 Å². The summed E-state index contributed by atoms with van der Waals surface area (Å²) in [5.74, 6) is -0.773. The lowest BCUT2D eigenvalue weighted by Gasteiger charge is -2.11. The molecule has 0 bridgehead atoms. The molecule has 1 amide bonds. The van der Waals surface area contributed by atoms with E-state index >= 15 is 0 Å². The Labute approximate surface area is 134 Å². The molecule has 4 heteroatoms. The zero-order valence-electron chi connectivity index (χ0n) is 12.5. The molecule has 0 aliphatic rings. The zero-order valence-corrected chi connectivity index (χ0v) is 13.2. The molecule has 2 aromatic carbocycles. The largest absolute Gasteiger partial charge is 0.322 e. The summed E-state index contributed by atoms with van der Waals surface area (Å²) < 4.78 is 13.6. The number of rotatable bonds is 4. The van der Waals surface area contributed by atoms with Gasteiger partial charge in [-0.3, -0.25) is 4.79 Å². The standard InChI is InChI=1S/C18H17ClFNO/c1-3-13-7-4-6-12(2)18(13)21-17(22)11-10-14-15(19)8-5-9-16(14)20/h4-11H,3H2,1-2H3,(H,21,22)/b11-10+. The molecule has 1 N–H and O–H groups in total. The third-order valence-corrected chi connectivity index (χ3v) is 3.72. The maximum absolute atomic E-state index is 13.6. The third-order valence-electron chi connectivity index (χ3n) is 3.39. The van der Waals surface area contributed by atoms with E-state index < -0.39 is 5.82 Å². The highest BCUT2D eigenvalue weighted by atomic mass is 35.5. The fraction of sp³-hybridized carbons (Fsp3) is 0.167. The number of nitrogens with one attached hydrogen (secondary N) is 1. The molecule has 0 unspecified atom stereocenters. The molecule has 0 fully saturated rings. The molecule has 0 heterocycles. The fourth-order valence-electron chi connectivity index (χ4n) is 2.20. The predicted octanol–water partition coefficient (Wildman–Crippen LogP) is 5.00. The Hall–Kier alpha value is -2.13. The van der Waals surface area contributed by atoms with Crippen LogP contribution in [0.3, 0.4) is 0 Å². The predicted molar refractivity (Wildman–Crippen MR) is 89.6 cm³/mol. The van der Waals surface area contributed by atoms with Gasteiger partial charge in [-0.25, -0.2) is 4.39 Å². The SMILES string of the molecule is CCc1cccc(C)c1NC(=O)/C=C/c1c(F)cccc1Cl. The van der Waals surface area contributed by atoms with E-state index in [9.17, 15) is 9.18 Å². The van der Waals surface area contributed by atoms with Gasteiger partial charge >= 0.3 is 0 Å². The van der Waals surface area contributed by atoms with Crippen LogP contribution in [-0.2, 0) is 11.2 Å². The van der Waals surface area contributed by atoms with Crippen molar-refractivity contribution in [3.05, 3.63) is 70.0 Å². The second-order valence-corrected chi connectivity index (χ2v) is 5.33. The van der Waals surface area contributed by atoms with E-state index in [0.29, 0.717) is 0 Å². The quantitative estimate of drug-likeness (QED) is 0.790. The van der Waals surface area contributed by atoms with Crippen LogP contribution < -0.4 is 5.32 Å². The van der Waals surface area contributed by atoms with Gasteiger partial charge in [0.25, 0.3) is 0 Å². The Kier molecular flexibility index (Phi) is 5.34. The van der Waals surface area contributed by atoms with Crippen molar-refractivity contribution in [2.45, 2.75) is 20.3 Å². The van der Waals surface area contributed by atoms with Crippen molar-refractivity contribution >= 4 is 29.3 Å². The van der Waals surface area contributed by atoms with Gasteiger partial charge < -0.3 is 5.32 Å². The summed E-state index contributed by atoms with van der Waals surface area (Å²) in [6.07, 6.45) is 3.49. The van der Waals surface area contributed by atoms with Gasteiger partial charge in [-0.05, 0) is 42.7 Å². The topological polar surface area (TPSA) is 29.1 Å². The second-order valence-electron chi connectivity index (χ2n) is 4.92. The number of hydrogen-bond donors (Lipinski definition) is 1. The molecule has 0 aliphatic carbocycles. The van der Waals surface area contributed by atoms with Crippen LogP contribution >= 0.6 is 11.6 Å². The van der Waals surface area contributed by atoms with Crippen LogP contribution in [-0.4, -0.2) is 5.91 Å². The smallest absolute Gasteiger partial charge is 0.248 e.